The lowest BCUT2D eigenvalue weighted by Crippen LogP contribution is -2.02. The number of rotatable bonds is 9. The fourth-order valence-corrected chi connectivity index (χ4v) is 7.28. The van der Waals surface area contributed by atoms with Gasteiger partial charge in [0.15, 0.2) is 17.5 Å². The van der Waals surface area contributed by atoms with Crippen molar-refractivity contribution in [3.05, 3.63) is 213 Å². The van der Waals surface area contributed by atoms with Gasteiger partial charge in [0, 0.05) is 33.2 Å². The zero-order chi connectivity index (χ0) is 37.8. The summed E-state index contributed by atoms with van der Waals surface area (Å²) >= 11 is 0. The Labute approximate surface area is 327 Å². The van der Waals surface area contributed by atoms with Crippen LogP contribution in [0.15, 0.2) is 207 Å². The van der Waals surface area contributed by atoms with E-state index in [1.807, 2.05) is 67.6 Å². The molecule has 266 valence electrons. The predicted molar refractivity (Wildman–Crippen MR) is 234 cm³/mol. The van der Waals surface area contributed by atoms with Crippen LogP contribution in [-0.4, -0.2) is 19.5 Å². The van der Waals surface area contributed by atoms with Crippen molar-refractivity contribution in [3.8, 4) is 61.8 Å². The summed E-state index contributed by atoms with van der Waals surface area (Å²) in [5.74, 6) is 1.77. The molecule has 0 aliphatic rings. The molecule has 2 aromatic heterocycles. The monoisotopic (exact) mass is 718 g/mol. The second-order valence-corrected chi connectivity index (χ2v) is 13.7. The maximum atomic E-state index is 4.91. The van der Waals surface area contributed by atoms with E-state index >= 15 is 0 Å². The van der Waals surface area contributed by atoms with Crippen molar-refractivity contribution in [3.63, 3.8) is 0 Å². The van der Waals surface area contributed by atoms with Crippen LogP contribution in [0.2, 0.25) is 0 Å². The van der Waals surface area contributed by atoms with E-state index < -0.39 is 0 Å². The number of fused-ring (bicyclic) bond motifs is 3. The van der Waals surface area contributed by atoms with Gasteiger partial charge in [0.25, 0.3) is 0 Å². The van der Waals surface area contributed by atoms with Crippen molar-refractivity contribution in [1.29, 1.82) is 0 Å². The van der Waals surface area contributed by atoms with Crippen LogP contribution in [0, 0.1) is 0 Å². The van der Waals surface area contributed by atoms with Crippen molar-refractivity contribution in [2.75, 3.05) is 0 Å². The average molecular weight is 719 g/mol. The molecule has 0 N–H and O–H groups in total. The van der Waals surface area contributed by atoms with E-state index in [1.165, 1.54) is 44.2 Å². The van der Waals surface area contributed by atoms with Crippen LogP contribution in [0.25, 0.3) is 89.2 Å². The zero-order valence-corrected chi connectivity index (χ0v) is 31.0. The Morgan fingerprint density at radius 1 is 0.446 bits per heavy atom. The molecule has 56 heavy (non-hydrogen) atoms. The van der Waals surface area contributed by atoms with Gasteiger partial charge in [0.2, 0.25) is 0 Å². The molecule has 0 saturated heterocycles. The Kier molecular flexibility index (Phi) is 9.28. The minimum absolute atomic E-state index is 0.548. The third-order valence-electron chi connectivity index (χ3n) is 10.1. The molecule has 0 atom stereocenters. The van der Waals surface area contributed by atoms with Gasteiger partial charge in [-0.15, -0.1) is 0 Å². The van der Waals surface area contributed by atoms with Crippen LogP contribution in [0.4, 0.5) is 0 Å². The molecule has 0 amide bonds. The molecular weight excluding hydrogens is 681 g/mol. The van der Waals surface area contributed by atoms with E-state index in [-0.39, 0.29) is 0 Å². The zero-order valence-electron chi connectivity index (χ0n) is 31.0. The lowest BCUT2D eigenvalue weighted by atomic mass is 9.97. The smallest absolute Gasteiger partial charge is 0.164 e. The molecule has 0 spiro atoms. The van der Waals surface area contributed by atoms with Gasteiger partial charge in [-0.1, -0.05) is 170 Å². The Morgan fingerprint density at radius 3 is 1.64 bits per heavy atom. The number of hydrogen-bond donors (Lipinski definition) is 0. The lowest BCUT2D eigenvalue weighted by molar-refractivity contribution is 1.04. The highest BCUT2D eigenvalue weighted by Gasteiger charge is 2.15. The first-order chi connectivity index (χ1) is 27.6. The van der Waals surface area contributed by atoms with Gasteiger partial charge in [0.05, 0.1) is 11.0 Å². The third-order valence-corrected chi connectivity index (χ3v) is 10.1. The highest BCUT2D eigenvalue weighted by atomic mass is 15.0. The molecule has 0 unspecified atom stereocenters. The third kappa shape index (κ3) is 6.76. The Hall–Kier alpha value is -7.43. The normalized spacial score (nSPS) is 11.6. The first kappa shape index (κ1) is 34.3. The predicted octanol–water partition coefficient (Wildman–Crippen LogP) is 13.4. The van der Waals surface area contributed by atoms with E-state index in [4.69, 9.17) is 15.0 Å². The van der Waals surface area contributed by atoms with Crippen molar-refractivity contribution in [2.45, 2.75) is 6.92 Å². The van der Waals surface area contributed by atoms with Crippen molar-refractivity contribution >= 4 is 27.4 Å². The maximum absolute atomic E-state index is 4.91. The van der Waals surface area contributed by atoms with Crippen LogP contribution in [0.5, 0.6) is 0 Å². The molecule has 2 heterocycles. The molecule has 4 nitrogen and oxygen atoms in total. The minimum atomic E-state index is 0.548. The van der Waals surface area contributed by atoms with Crippen LogP contribution < -0.4 is 0 Å². The summed E-state index contributed by atoms with van der Waals surface area (Å²) < 4.78 is 2.35. The summed E-state index contributed by atoms with van der Waals surface area (Å²) in [4.78, 5) is 14.6. The number of para-hydroxylation sites is 2. The van der Waals surface area contributed by atoms with Crippen LogP contribution >= 0.6 is 0 Å². The number of nitrogens with zero attached hydrogens (tertiary/aromatic N) is 4. The molecule has 0 radical (unpaired) electrons. The molecule has 0 fully saturated rings. The van der Waals surface area contributed by atoms with Crippen LogP contribution in [0.1, 0.15) is 12.7 Å². The van der Waals surface area contributed by atoms with Gasteiger partial charge in [0.1, 0.15) is 0 Å². The van der Waals surface area contributed by atoms with Gasteiger partial charge >= 0.3 is 0 Å². The summed E-state index contributed by atoms with van der Waals surface area (Å²) in [5.41, 5.74) is 13.1. The summed E-state index contributed by atoms with van der Waals surface area (Å²) in [5, 5.41) is 2.50. The van der Waals surface area contributed by atoms with Gasteiger partial charge in [-0.3, -0.25) is 0 Å². The average Bonchev–Trinajstić information content (AvgIpc) is 3.61. The summed E-state index contributed by atoms with van der Waals surface area (Å²) in [6.07, 6.45) is 7.80. The lowest BCUT2D eigenvalue weighted by Gasteiger charge is -2.10. The maximum Gasteiger partial charge on any atom is 0.164 e. The minimum Gasteiger partial charge on any atom is -0.309 e. The summed E-state index contributed by atoms with van der Waals surface area (Å²) in [6.45, 7) is 6.22. The molecule has 0 aliphatic carbocycles. The molecule has 0 aliphatic heterocycles. The summed E-state index contributed by atoms with van der Waals surface area (Å²) in [7, 11) is 0. The Morgan fingerprint density at radius 2 is 0.964 bits per heavy atom. The molecular formula is C52H38N4. The van der Waals surface area contributed by atoms with E-state index in [1.54, 1.807) is 0 Å². The quantitative estimate of drug-likeness (QED) is 0.140. The van der Waals surface area contributed by atoms with Crippen LogP contribution in [0.3, 0.4) is 0 Å². The second kappa shape index (κ2) is 15.1. The number of allylic oxidation sites excluding steroid dienone is 5. The van der Waals surface area contributed by atoms with Gasteiger partial charge in [-0.05, 0) is 76.7 Å². The van der Waals surface area contributed by atoms with Crippen molar-refractivity contribution in [1.82, 2.24) is 19.5 Å². The van der Waals surface area contributed by atoms with Crippen molar-refractivity contribution in [2.24, 2.45) is 0 Å². The van der Waals surface area contributed by atoms with E-state index in [2.05, 4.69) is 151 Å². The molecule has 9 rings (SSSR count). The first-order valence-electron chi connectivity index (χ1n) is 18.8. The molecule has 0 bridgehead atoms. The molecule has 0 saturated carbocycles. The SMILES string of the molecule is C=C(/C=C\C=C/C)c1nc(-c2ccccc2)nc(-c2cccc(-c3ccc(-c4ccc(-c5ccc6c(c5)c5ccccc5n6-c5ccccc5)cc4)cc3)c2)n1. The Bertz CT molecular complexity index is 2900. The second-order valence-electron chi connectivity index (χ2n) is 13.7. The largest absolute Gasteiger partial charge is 0.309 e. The van der Waals surface area contributed by atoms with Gasteiger partial charge < -0.3 is 4.57 Å². The van der Waals surface area contributed by atoms with E-state index in [0.717, 1.165) is 33.4 Å². The number of aromatic nitrogens is 4. The highest BCUT2D eigenvalue weighted by molar-refractivity contribution is 6.10. The Balaban J connectivity index is 0.987. The van der Waals surface area contributed by atoms with Crippen LogP contribution in [-0.2, 0) is 0 Å². The highest BCUT2D eigenvalue weighted by Crippen LogP contribution is 2.36. The standard InChI is InChI=1S/C52H38N4/c1-3-4-7-15-36(2)50-53-51(41-16-8-5-9-17-41)55-52(54-50)44-19-14-18-42(34-44)39-28-24-37(25-29-39)38-26-30-40(31-27-38)43-32-33-49-47(35-43)46-22-12-13-23-48(46)56(49)45-20-10-6-11-21-45/h3-35H,2H2,1H3/b4-3-,15-7-. The summed E-state index contributed by atoms with van der Waals surface area (Å²) in [6, 6.07) is 62.1. The molecule has 7 aromatic carbocycles. The fourth-order valence-electron chi connectivity index (χ4n) is 7.28. The van der Waals surface area contributed by atoms with Crippen molar-refractivity contribution < 1.29 is 0 Å². The van der Waals surface area contributed by atoms with E-state index in [0.29, 0.717) is 17.5 Å². The fraction of sp³-hybridized carbons (Fsp3) is 0.0192. The van der Waals surface area contributed by atoms with E-state index in [9.17, 15) is 0 Å². The molecule has 4 heteroatoms. The van der Waals surface area contributed by atoms with Gasteiger partial charge in [-0.25, -0.2) is 15.0 Å². The van der Waals surface area contributed by atoms with Gasteiger partial charge in [-0.2, -0.15) is 0 Å². The number of hydrogen-bond acceptors (Lipinski definition) is 3. The first-order valence-corrected chi connectivity index (χ1v) is 18.8. The topological polar surface area (TPSA) is 43.6 Å². The molecule has 9 aromatic rings. The number of benzene rings is 7.